The predicted octanol–water partition coefficient (Wildman–Crippen LogP) is 4.28. The summed E-state index contributed by atoms with van der Waals surface area (Å²) in [6, 6.07) is 16.8. The van der Waals surface area contributed by atoms with E-state index < -0.39 is 6.10 Å². The van der Waals surface area contributed by atoms with Gasteiger partial charge in [0.1, 0.15) is 0 Å². The summed E-state index contributed by atoms with van der Waals surface area (Å²) in [7, 11) is 0. The van der Waals surface area contributed by atoms with Crippen LogP contribution < -0.4 is 0 Å². The third-order valence-electron chi connectivity index (χ3n) is 6.66. The summed E-state index contributed by atoms with van der Waals surface area (Å²) in [6.45, 7) is 3.44. The van der Waals surface area contributed by atoms with Crippen molar-refractivity contribution in [3.05, 3.63) is 77.1 Å². The van der Waals surface area contributed by atoms with Crippen molar-refractivity contribution in [3.63, 3.8) is 0 Å². The summed E-state index contributed by atoms with van der Waals surface area (Å²) < 4.78 is 1.85. The highest BCUT2D eigenvalue weighted by molar-refractivity contribution is 5.39. The van der Waals surface area contributed by atoms with Crippen LogP contribution in [0, 0.1) is 6.92 Å². The molecule has 1 saturated carbocycles. The minimum Gasteiger partial charge on any atom is -0.387 e. The minimum absolute atomic E-state index is 0.00118. The van der Waals surface area contributed by atoms with Crippen molar-refractivity contribution in [1.82, 2.24) is 19.9 Å². The highest BCUT2D eigenvalue weighted by atomic mass is 16.3. The van der Waals surface area contributed by atoms with Crippen LogP contribution in [-0.2, 0) is 12.1 Å². The molecule has 3 aromatic rings. The quantitative estimate of drug-likeness (QED) is 0.727. The number of aromatic nitrogens is 3. The number of β-amino-alcohol motifs (C(OH)–C–C–N with tert-alkyl or cyclic N) is 1. The minimum atomic E-state index is -0.453. The Bertz CT molecular complexity index is 1010. The molecule has 1 spiro atoms. The van der Waals surface area contributed by atoms with Gasteiger partial charge in [0, 0.05) is 18.6 Å². The van der Waals surface area contributed by atoms with Crippen LogP contribution >= 0.6 is 0 Å². The van der Waals surface area contributed by atoms with E-state index in [0.717, 1.165) is 29.8 Å². The molecule has 1 aromatic heterocycles. The first-order valence-electron chi connectivity index (χ1n) is 10.7. The van der Waals surface area contributed by atoms with E-state index in [1.54, 1.807) is 0 Å². The number of aliphatic hydroxyl groups excluding tert-OH is 1. The molecule has 2 aliphatic rings. The van der Waals surface area contributed by atoms with E-state index in [9.17, 15) is 5.11 Å². The molecular weight excluding hydrogens is 360 g/mol. The van der Waals surface area contributed by atoms with Crippen LogP contribution in [0.15, 0.2) is 54.7 Å². The van der Waals surface area contributed by atoms with Gasteiger partial charge in [-0.2, -0.15) is 0 Å². The molecule has 1 atom stereocenters. The largest absolute Gasteiger partial charge is 0.387 e. The van der Waals surface area contributed by atoms with Crippen molar-refractivity contribution in [2.75, 3.05) is 6.54 Å². The van der Waals surface area contributed by atoms with E-state index in [0.29, 0.717) is 13.1 Å². The maximum absolute atomic E-state index is 10.9. The fourth-order valence-corrected chi connectivity index (χ4v) is 5.26. The molecule has 2 heterocycles. The second-order valence-corrected chi connectivity index (χ2v) is 8.57. The lowest BCUT2D eigenvalue weighted by molar-refractivity contribution is -0.0215. The summed E-state index contributed by atoms with van der Waals surface area (Å²) >= 11 is 0. The number of rotatable bonds is 3. The lowest BCUT2D eigenvalue weighted by atomic mass is 9.70. The van der Waals surface area contributed by atoms with Crippen LogP contribution in [0.2, 0.25) is 0 Å². The van der Waals surface area contributed by atoms with Gasteiger partial charge in [0.2, 0.25) is 0 Å². The van der Waals surface area contributed by atoms with Crippen molar-refractivity contribution in [2.45, 2.75) is 57.2 Å². The van der Waals surface area contributed by atoms with Gasteiger partial charge in [0.05, 0.1) is 23.7 Å². The van der Waals surface area contributed by atoms with Gasteiger partial charge in [-0.05, 0) is 48.6 Å². The molecule has 1 N–H and O–H groups in total. The first-order chi connectivity index (χ1) is 14.2. The van der Waals surface area contributed by atoms with Crippen molar-refractivity contribution in [3.8, 4) is 5.69 Å². The Morgan fingerprint density at radius 1 is 1.07 bits per heavy atom. The zero-order valence-electron chi connectivity index (χ0n) is 17.0. The van der Waals surface area contributed by atoms with Crippen LogP contribution in [0.3, 0.4) is 0 Å². The average molecular weight is 389 g/mol. The first kappa shape index (κ1) is 18.5. The van der Waals surface area contributed by atoms with Crippen LogP contribution in [0.1, 0.15) is 60.6 Å². The molecule has 0 saturated heterocycles. The Hall–Kier alpha value is -2.50. The van der Waals surface area contributed by atoms with E-state index in [2.05, 4.69) is 58.5 Å². The van der Waals surface area contributed by atoms with Gasteiger partial charge in [-0.3, -0.25) is 4.90 Å². The molecule has 5 heteroatoms. The third kappa shape index (κ3) is 3.28. The van der Waals surface area contributed by atoms with Crippen LogP contribution in [0.25, 0.3) is 5.69 Å². The SMILES string of the molecule is Cc1cccc(-n2cc(CN3CC(O)c4ccccc4C34CCCCC4)nn2)c1. The second kappa shape index (κ2) is 7.39. The van der Waals surface area contributed by atoms with Gasteiger partial charge in [-0.25, -0.2) is 4.68 Å². The van der Waals surface area contributed by atoms with E-state index in [1.807, 2.05) is 23.0 Å². The highest BCUT2D eigenvalue weighted by Crippen LogP contribution is 2.48. The zero-order chi connectivity index (χ0) is 19.8. The lowest BCUT2D eigenvalue weighted by Gasteiger charge is -2.51. The fourth-order valence-electron chi connectivity index (χ4n) is 5.26. The number of aliphatic hydroxyl groups is 1. The van der Waals surface area contributed by atoms with Crippen molar-refractivity contribution in [2.24, 2.45) is 0 Å². The van der Waals surface area contributed by atoms with E-state index >= 15 is 0 Å². The monoisotopic (exact) mass is 388 g/mol. The van der Waals surface area contributed by atoms with E-state index in [4.69, 9.17) is 0 Å². The topological polar surface area (TPSA) is 54.2 Å². The second-order valence-electron chi connectivity index (χ2n) is 8.57. The summed E-state index contributed by atoms with van der Waals surface area (Å²) in [6.07, 6.45) is 7.62. The predicted molar refractivity (Wildman–Crippen MR) is 113 cm³/mol. The van der Waals surface area contributed by atoms with Gasteiger partial charge in [-0.1, -0.05) is 60.9 Å². The maximum Gasteiger partial charge on any atom is 0.0972 e. The molecule has 1 aliphatic carbocycles. The van der Waals surface area contributed by atoms with Gasteiger partial charge in [0.25, 0.3) is 0 Å². The summed E-state index contributed by atoms with van der Waals surface area (Å²) in [4.78, 5) is 2.46. The normalized spacial score (nSPS) is 21.2. The molecule has 0 bridgehead atoms. The first-order valence-corrected chi connectivity index (χ1v) is 10.7. The summed E-state index contributed by atoms with van der Waals surface area (Å²) in [5.74, 6) is 0. The van der Waals surface area contributed by atoms with Crippen molar-refractivity contribution in [1.29, 1.82) is 0 Å². The standard InChI is InChI=1S/C24H28N4O/c1-18-8-7-9-20(14-18)28-16-19(25-26-28)15-27-17-23(29)21-10-3-4-11-22(21)24(27)12-5-2-6-13-24/h3-4,7-11,14,16,23,29H,2,5-6,12-13,15,17H2,1H3. The molecule has 0 radical (unpaired) electrons. The zero-order valence-corrected chi connectivity index (χ0v) is 17.0. The van der Waals surface area contributed by atoms with Crippen LogP contribution in [0.4, 0.5) is 0 Å². The molecule has 5 nitrogen and oxygen atoms in total. The molecule has 5 rings (SSSR count). The van der Waals surface area contributed by atoms with Crippen molar-refractivity contribution < 1.29 is 5.11 Å². The molecule has 1 aliphatic heterocycles. The Labute approximate surface area is 172 Å². The number of benzene rings is 2. The molecule has 1 unspecified atom stereocenters. The Kier molecular flexibility index (Phi) is 4.72. The average Bonchev–Trinajstić information content (AvgIpc) is 3.22. The summed E-state index contributed by atoms with van der Waals surface area (Å²) in [5.41, 5.74) is 5.60. The van der Waals surface area contributed by atoms with Gasteiger partial charge in [0.15, 0.2) is 0 Å². The Morgan fingerprint density at radius 3 is 2.72 bits per heavy atom. The fraction of sp³-hybridized carbons (Fsp3) is 0.417. The maximum atomic E-state index is 10.9. The Morgan fingerprint density at radius 2 is 1.90 bits per heavy atom. The molecule has 2 aromatic carbocycles. The number of fused-ring (bicyclic) bond motifs is 2. The number of aryl methyl sites for hydroxylation is 1. The van der Waals surface area contributed by atoms with Crippen molar-refractivity contribution >= 4 is 0 Å². The third-order valence-corrected chi connectivity index (χ3v) is 6.66. The molecule has 0 amide bonds. The van der Waals surface area contributed by atoms with Crippen LogP contribution in [-0.4, -0.2) is 31.5 Å². The number of hydrogen-bond donors (Lipinski definition) is 1. The molecular formula is C24H28N4O. The van der Waals surface area contributed by atoms with E-state index in [1.165, 1.54) is 30.4 Å². The molecule has 1 fully saturated rings. The number of nitrogens with zero attached hydrogens (tertiary/aromatic N) is 4. The smallest absolute Gasteiger partial charge is 0.0972 e. The van der Waals surface area contributed by atoms with Gasteiger partial charge in [-0.15, -0.1) is 5.10 Å². The Balaban J connectivity index is 1.47. The molecule has 29 heavy (non-hydrogen) atoms. The lowest BCUT2D eigenvalue weighted by Crippen LogP contribution is -2.52. The highest BCUT2D eigenvalue weighted by Gasteiger charge is 2.45. The molecule has 150 valence electrons. The van der Waals surface area contributed by atoms with Gasteiger partial charge >= 0.3 is 0 Å². The summed E-state index contributed by atoms with van der Waals surface area (Å²) in [5, 5.41) is 19.7. The number of hydrogen-bond acceptors (Lipinski definition) is 4. The van der Waals surface area contributed by atoms with Crippen LogP contribution in [0.5, 0.6) is 0 Å². The van der Waals surface area contributed by atoms with E-state index in [-0.39, 0.29) is 5.54 Å². The van der Waals surface area contributed by atoms with Gasteiger partial charge < -0.3 is 5.11 Å².